The highest BCUT2D eigenvalue weighted by Crippen LogP contribution is 2.19. The van der Waals surface area contributed by atoms with E-state index >= 15 is 0 Å². The summed E-state index contributed by atoms with van der Waals surface area (Å²) in [5.74, 6) is 1.03. The van der Waals surface area contributed by atoms with E-state index in [-0.39, 0.29) is 11.8 Å². The molecule has 0 saturated carbocycles. The topological polar surface area (TPSA) is 49.4 Å². The van der Waals surface area contributed by atoms with Gasteiger partial charge in [0.1, 0.15) is 6.04 Å². The highest BCUT2D eigenvalue weighted by Gasteiger charge is 2.26. The Morgan fingerprint density at radius 3 is 2.37 bits per heavy atom. The lowest BCUT2D eigenvalue weighted by Crippen LogP contribution is -2.48. The van der Waals surface area contributed by atoms with Crippen LogP contribution in [0.3, 0.4) is 0 Å². The van der Waals surface area contributed by atoms with Crippen molar-refractivity contribution in [1.82, 2.24) is 10.2 Å². The van der Waals surface area contributed by atoms with Gasteiger partial charge in [-0.25, -0.2) is 0 Å². The van der Waals surface area contributed by atoms with Crippen molar-refractivity contribution in [3.05, 3.63) is 70.3 Å². The second-order valence-electron chi connectivity index (χ2n) is 7.90. The van der Waals surface area contributed by atoms with Crippen LogP contribution >= 0.6 is 11.8 Å². The number of carbonyl (C=O) groups excluding carboxylic acids is 2. The van der Waals surface area contributed by atoms with E-state index in [1.807, 2.05) is 45.0 Å². The number of thioether (sulfide) groups is 1. The number of amides is 2. The van der Waals surface area contributed by atoms with Gasteiger partial charge in [-0.3, -0.25) is 9.59 Å². The zero-order valence-corrected chi connectivity index (χ0v) is 19.6. The molecule has 4 nitrogen and oxygen atoms in total. The van der Waals surface area contributed by atoms with Gasteiger partial charge in [-0.2, -0.15) is 0 Å². The molecule has 162 valence electrons. The van der Waals surface area contributed by atoms with Crippen molar-refractivity contribution in [1.29, 1.82) is 0 Å². The maximum atomic E-state index is 13.1. The van der Waals surface area contributed by atoms with Crippen LogP contribution in [-0.2, 0) is 21.9 Å². The number of nitrogens with one attached hydrogen (secondary N) is 1. The third-order valence-electron chi connectivity index (χ3n) is 5.09. The fraction of sp³-hybridized carbons (Fsp3) is 0.440. The molecule has 1 N–H and O–H groups in total. The molecule has 0 spiro atoms. The predicted octanol–water partition coefficient (Wildman–Crippen LogP) is 4.79. The van der Waals surface area contributed by atoms with Crippen LogP contribution in [0.5, 0.6) is 0 Å². The molecule has 0 saturated heterocycles. The van der Waals surface area contributed by atoms with Crippen LogP contribution in [-0.4, -0.2) is 35.1 Å². The van der Waals surface area contributed by atoms with Crippen molar-refractivity contribution >= 4 is 23.6 Å². The van der Waals surface area contributed by atoms with Crippen molar-refractivity contribution < 1.29 is 9.59 Å². The summed E-state index contributed by atoms with van der Waals surface area (Å²) in [5.41, 5.74) is 5.89. The van der Waals surface area contributed by atoms with Gasteiger partial charge in [0, 0.05) is 18.8 Å². The highest BCUT2D eigenvalue weighted by atomic mass is 32.2. The number of hydrogen-bond donors (Lipinski definition) is 1. The first-order valence-electron chi connectivity index (χ1n) is 10.6. The van der Waals surface area contributed by atoms with Gasteiger partial charge in [-0.1, -0.05) is 60.5 Å². The molecule has 0 aromatic heterocycles. The molecule has 0 bridgehead atoms. The van der Waals surface area contributed by atoms with Crippen LogP contribution < -0.4 is 5.32 Å². The molecule has 0 fully saturated rings. The Kier molecular flexibility index (Phi) is 9.44. The zero-order chi connectivity index (χ0) is 22.1. The summed E-state index contributed by atoms with van der Waals surface area (Å²) in [6.07, 6.45) is 0.871. The fourth-order valence-electron chi connectivity index (χ4n) is 3.44. The van der Waals surface area contributed by atoms with Crippen molar-refractivity contribution in [3.8, 4) is 0 Å². The first-order valence-corrected chi connectivity index (χ1v) is 11.7. The van der Waals surface area contributed by atoms with Crippen LogP contribution in [0.1, 0.15) is 48.1 Å². The summed E-state index contributed by atoms with van der Waals surface area (Å²) in [7, 11) is 0. The van der Waals surface area contributed by atoms with E-state index in [4.69, 9.17) is 0 Å². The maximum absolute atomic E-state index is 13.1. The van der Waals surface area contributed by atoms with Crippen LogP contribution in [0.25, 0.3) is 0 Å². The Hall–Kier alpha value is -2.27. The molecule has 0 heterocycles. The van der Waals surface area contributed by atoms with Gasteiger partial charge in [0.2, 0.25) is 11.8 Å². The molecule has 2 aromatic carbocycles. The average molecular weight is 427 g/mol. The van der Waals surface area contributed by atoms with Gasteiger partial charge in [-0.05, 0) is 50.8 Å². The number of rotatable bonds is 10. The molecule has 0 aliphatic rings. The normalized spacial score (nSPS) is 11.8. The third kappa shape index (κ3) is 7.21. The molecular weight excluding hydrogens is 392 g/mol. The minimum atomic E-state index is -0.509. The molecule has 5 heteroatoms. The second-order valence-corrected chi connectivity index (χ2v) is 8.89. The Labute approximate surface area is 185 Å². The highest BCUT2D eigenvalue weighted by molar-refractivity contribution is 7.99. The Morgan fingerprint density at radius 2 is 1.73 bits per heavy atom. The maximum Gasteiger partial charge on any atom is 0.242 e. The molecule has 0 radical (unpaired) electrons. The van der Waals surface area contributed by atoms with Gasteiger partial charge in [0.05, 0.1) is 5.75 Å². The third-order valence-corrected chi connectivity index (χ3v) is 6.08. The van der Waals surface area contributed by atoms with Crippen molar-refractivity contribution in [2.75, 3.05) is 12.3 Å². The van der Waals surface area contributed by atoms with Crippen LogP contribution in [0.4, 0.5) is 0 Å². The zero-order valence-electron chi connectivity index (χ0n) is 18.8. The number of carbonyl (C=O) groups is 2. The Balaban J connectivity index is 2.08. The van der Waals surface area contributed by atoms with Gasteiger partial charge in [0.15, 0.2) is 0 Å². The molecule has 2 rings (SSSR count). The number of nitrogens with zero attached hydrogens (tertiary/aromatic N) is 1. The lowest BCUT2D eigenvalue weighted by Gasteiger charge is -2.29. The molecule has 0 aliphatic heterocycles. The van der Waals surface area contributed by atoms with E-state index in [2.05, 4.69) is 37.4 Å². The van der Waals surface area contributed by atoms with Crippen LogP contribution in [0, 0.1) is 20.8 Å². The van der Waals surface area contributed by atoms with Gasteiger partial charge >= 0.3 is 0 Å². The minimum absolute atomic E-state index is 0.00761. The van der Waals surface area contributed by atoms with Gasteiger partial charge < -0.3 is 10.2 Å². The summed E-state index contributed by atoms with van der Waals surface area (Å²) in [4.78, 5) is 27.4. The summed E-state index contributed by atoms with van der Waals surface area (Å²) in [6, 6.07) is 14.0. The number of aryl methyl sites for hydroxylation is 3. The SMILES string of the molecule is CCCNC(=O)[C@@H](C)N(Cc1ccccc1C)C(=O)CSCc1cc(C)cc(C)c1. The minimum Gasteiger partial charge on any atom is -0.354 e. The van der Waals surface area contributed by atoms with Crippen LogP contribution in [0.15, 0.2) is 42.5 Å². The standard InChI is InChI=1S/C25H34N2O2S/c1-6-11-26-25(29)21(5)27(15-23-10-8-7-9-20(23)4)24(28)17-30-16-22-13-18(2)12-19(3)14-22/h7-10,12-14,21H,6,11,15-17H2,1-5H3,(H,26,29)/t21-/m1/s1. The Morgan fingerprint density at radius 1 is 1.07 bits per heavy atom. The fourth-order valence-corrected chi connectivity index (χ4v) is 4.29. The Bertz CT molecular complexity index is 846. The average Bonchev–Trinajstić information content (AvgIpc) is 2.70. The van der Waals surface area contributed by atoms with Crippen LogP contribution in [0.2, 0.25) is 0 Å². The van der Waals surface area contributed by atoms with E-state index in [1.165, 1.54) is 16.7 Å². The lowest BCUT2D eigenvalue weighted by molar-refractivity contribution is -0.138. The summed E-state index contributed by atoms with van der Waals surface area (Å²) >= 11 is 1.60. The molecular formula is C25H34N2O2S. The smallest absolute Gasteiger partial charge is 0.242 e. The quantitative estimate of drug-likeness (QED) is 0.594. The summed E-state index contributed by atoms with van der Waals surface area (Å²) in [5, 5.41) is 2.92. The van der Waals surface area contributed by atoms with Gasteiger partial charge in [0.25, 0.3) is 0 Å². The van der Waals surface area contributed by atoms with Gasteiger partial charge in [-0.15, -0.1) is 11.8 Å². The predicted molar refractivity (Wildman–Crippen MR) is 127 cm³/mol. The number of hydrogen-bond acceptors (Lipinski definition) is 3. The molecule has 1 atom stereocenters. The number of benzene rings is 2. The van der Waals surface area contributed by atoms with E-state index in [0.717, 1.165) is 23.3 Å². The molecule has 30 heavy (non-hydrogen) atoms. The second kappa shape index (κ2) is 11.8. The molecule has 2 aromatic rings. The first kappa shape index (κ1) is 24.0. The van der Waals surface area contributed by atoms with Crippen molar-refractivity contribution in [3.63, 3.8) is 0 Å². The van der Waals surface area contributed by atoms with E-state index in [1.54, 1.807) is 16.7 Å². The lowest BCUT2D eigenvalue weighted by atomic mass is 10.1. The monoisotopic (exact) mass is 426 g/mol. The summed E-state index contributed by atoms with van der Waals surface area (Å²) < 4.78 is 0. The van der Waals surface area contributed by atoms with E-state index < -0.39 is 6.04 Å². The summed E-state index contributed by atoms with van der Waals surface area (Å²) in [6.45, 7) is 11.1. The van der Waals surface area contributed by atoms with E-state index in [0.29, 0.717) is 18.8 Å². The molecule has 0 unspecified atom stereocenters. The van der Waals surface area contributed by atoms with E-state index in [9.17, 15) is 9.59 Å². The molecule has 0 aliphatic carbocycles. The van der Waals surface area contributed by atoms with Crippen molar-refractivity contribution in [2.45, 2.75) is 59.4 Å². The first-order chi connectivity index (χ1) is 14.3. The van der Waals surface area contributed by atoms with Crippen molar-refractivity contribution in [2.24, 2.45) is 0 Å². The molecule has 2 amide bonds. The largest absolute Gasteiger partial charge is 0.354 e.